The number of nitrogens with one attached hydrogen (secondary N) is 1. The monoisotopic (exact) mass is 307 g/mol. The van der Waals surface area contributed by atoms with Crippen LogP contribution in [0.25, 0.3) is 0 Å². The largest absolute Gasteiger partial charge is 0.497 e. The molecule has 0 unspecified atom stereocenters. The van der Waals surface area contributed by atoms with Crippen LogP contribution in [0, 0.1) is 0 Å². The lowest BCUT2D eigenvalue weighted by Crippen LogP contribution is -2.23. The minimum absolute atomic E-state index is 0.0319. The Morgan fingerprint density at radius 2 is 1.76 bits per heavy atom. The topological polar surface area (TPSA) is 75.6 Å². The molecular formula is C15H17NO4S. The van der Waals surface area contributed by atoms with Gasteiger partial charge in [0.1, 0.15) is 5.75 Å². The van der Waals surface area contributed by atoms with Crippen LogP contribution in [0.2, 0.25) is 0 Å². The predicted octanol–water partition coefficient (Wildman–Crippen LogP) is 1.67. The lowest BCUT2D eigenvalue weighted by Gasteiger charge is -2.08. The highest BCUT2D eigenvalue weighted by molar-refractivity contribution is 7.89. The average Bonchev–Trinajstić information content (AvgIpc) is 2.53. The summed E-state index contributed by atoms with van der Waals surface area (Å²) >= 11 is 0. The van der Waals surface area contributed by atoms with E-state index in [1.54, 1.807) is 36.4 Å². The number of aliphatic hydroxyl groups excluding tert-OH is 1. The summed E-state index contributed by atoms with van der Waals surface area (Å²) in [6.45, 7) is 0.154. The van der Waals surface area contributed by atoms with E-state index in [2.05, 4.69) is 4.72 Å². The molecule has 0 aliphatic heterocycles. The van der Waals surface area contributed by atoms with Crippen LogP contribution in [0.4, 0.5) is 0 Å². The van der Waals surface area contributed by atoms with E-state index in [0.717, 1.165) is 11.1 Å². The van der Waals surface area contributed by atoms with Crippen molar-refractivity contribution in [3.63, 3.8) is 0 Å². The van der Waals surface area contributed by atoms with Gasteiger partial charge < -0.3 is 9.84 Å². The molecular weight excluding hydrogens is 290 g/mol. The number of hydrogen-bond donors (Lipinski definition) is 2. The van der Waals surface area contributed by atoms with Gasteiger partial charge in [-0.25, -0.2) is 13.1 Å². The van der Waals surface area contributed by atoms with Crippen molar-refractivity contribution in [1.29, 1.82) is 0 Å². The summed E-state index contributed by atoms with van der Waals surface area (Å²) in [4.78, 5) is 0.161. The molecule has 0 amide bonds. The van der Waals surface area contributed by atoms with Crippen LogP contribution in [0.15, 0.2) is 53.4 Å². The first-order chi connectivity index (χ1) is 10.0. The van der Waals surface area contributed by atoms with Crippen molar-refractivity contribution in [1.82, 2.24) is 4.72 Å². The van der Waals surface area contributed by atoms with Gasteiger partial charge in [0.25, 0.3) is 0 Å². The van der Waals surface area contributed by atoms with E-state index in [0.29, 0.717) is 5.75 Å². The summed E-state index contributed by atoms with van der Waals surface area (Å²) in [7, 11) is -2.10. The molecule has 0 bridgehead atoms. The summed E-state index contributed by atoms with van der Waals surface area (Å²) in [6, 6.07) is 13.4. The maximum absolute atomic E-state index is 12.2. The molecule has 2 aromatic carbocycles. The molecule has 5 nitrogen and oxygen atoms in total. The lowest BCUT2D eigenvalue weighted by atomic mass is 10.1. The fourth-order valence-corrected chi connectivity index (χ4v) is 2.84. The van der Waals surface area contributed by atoms with E-state index >= 15 is 0 Å². The molecule has 0 saturated carbocycles. The van der Waals surface area contributed by atoms with Crippen LogP contribution in [0.5, 0.6) is 5.75 Å². The Bertz CT molecular complexity index is 696. The smallest absolute Gasteiger partial charge is 0.241 e. The van der Waals surface area contributed by atoms with Crippen LogP contribution in [-0.2, 0) is 23.2 Å². The molecule has 2 aromatic rings. The molecule has 6 heteroatoms. The second-order valence-electron chi connectivity index (χ2n) is 4.48. The molecule has 0 atom stereocenters. The number of aliphatic hydroxyl groups is 1. The van der Waals surface area contributed by atoms with Crippen LogP contribution < -0.4 is 9.46 Å². The van der Waals surface area contributed by atoms with Gasteiger partial charge in [0.15, 0.2) is 0 Å². The van der Waals surface area contributed by atoms with E-state index < -0.39 is 10.0 Å². The fourth-order valence-electron chi connectivity index (χ4n) is 1.79. The molecule has 2 N–H and O–H groups in total. The Morgan fingerprint density at radius 1 is 1.10 bits per heavy atom. The van der Waals surface area contributed by atoms with Crippen LogP contribution in [0.3, 0.4) is 0 Å². The summed E-state index contributed by atoms with van der Waals surface area (Å²) in [6.07, 6.45) is 0. The van der Waals surface area contributed by atoms with Crippen molar-refractivity contribution in [3.05, 3.63) is 59.7 Å². The van der Waals surface area contributed by atoms with Gasteiger partial charge in [-0.05, 0) is 23.3 Å². The van der Waals surface area contributed by atoms with Gasteiger partial charge in [-0.15, -0.1) is 0 Å². The number of sulfonamides is 1. The normalized spacial score (nSPS) is 11.3. The van der Waals surface area contributed by atoms with E-state index in [1.165, 1.54) is 19.2 Å². The van der Waals surface area contributed by atoms with Gasteiger partial charge in [-0.2, -0.15) is 0 Å². The summed E-state index contributed by atoms with van der Waals surface area (Å²) in [5, 5.41) is 8.96. The predicted molar refractivity (Wildman–Crippen MR) is 79.4 cm³/mol. The molecule has 0 heterocycles. The van der Waals surface area contributed by atoms with Gasteiger partial charge in [0, 0.05) is 12.6 Å². The number of methoxy groups -OCH3 is 1. The lowest BCUT2D eigenvalue weighted by molar-refractivity contribution is 0.282. The van der Waals surface area contributed by atoms with Gasteiger partial charge in [0.2, 0.25) is 10.0 Å². The van der Waals surface area contributed by atoms with Crippen LogP contribution >= 0.6 is 0 Å². The molecule has 2 rings (SSSR count). The Morgan fingerprint density at radius 3 is 2.38 bits per heavy atom. The second kappa shape index (κ2) is 6.71. The number of hydrogen-bond acceptors (Lipinski definition) is 4. The van der Waals surface area contributed by atoms with E-state index in [-0.39, 0.29) is 18.0 Å². The SMILES string of the molecule is COc1cccc(S(=O)(=O)NCc2ccc(CO)cc2)c1. The first-order valence-corrected chi connectivity index (χ1v) is 7.86. The third kappa shape index (κ3) is 4.04. The Kier molecular flexibility index (Phi) is 4.95. The zero-order valence-electron chi connectivity index (χ0n) is 11.6. The second-order valence-corrected chi connectivity index (χ2v) is 6.25. The first-order valence-electron chi connectivity index (χ1n) is 6.37. The van der Waals surface area contributed by atoms with E-state index in [4.69, 9.17) is 9.84 Å². The third-order valence-electron chi connectivity index (χ3n) is 3.02. The van der Waals surface area contributed by atoms with E-state index in [1.807, 2.05) is 0 Å². The standard InChI is InChI=1S/C15H17NO4S/c1-20-14-3-2-4-15(9-14)21(18,19)16-10-12-5-7-13(11-17)8-6-12/h2-9,16-17H,10-11H2,1H3. The number of benzene rings is 2. The minimum Gasteiger partial charge on any atom is -0.497 e. The first kappa shape index (κ1) is 15.5. The molecule has 0 saturated heterocycles. The van der Waals surface area contributed by atoms with Crippen LogP contribution in [-0.4, -0.2) is 20.6 Å². The Labute approximate surface area is 124 Å². The molecule has 0 spiro atoms. The highest BCUT2D eigenvalue weighted by atomic mass is 32.2. The van der Waals surface area contributed by atoms with E-state index in [9.17, 15) is 8.42 Å². The van der Waals surface area contributed by atoms with Crippen molar-refractivity contribution in [2.75, 3.05) is 7.11 Å². The summed E-state index contributed by atoms with van der Waals surface area (Å²) in [5.74, 6) is 0.491. The summed E-state index contributed by atoms with van der Waals surface area (Å²) < 4.78 is 31.9. The maximum atomic E-state index is 12.2. The molecule has 112 valence electrons. The fraction of sp³-hybridized carbons (Fsp3) is 0.200. The van der Waals surface area contributed by atoms with Crippen molar-refractivity contribution in [3.8, 4) is 5.75 Å². The zero-order chi connectivity index (χ0) is 15.3. The summed E-state index contributed by atoms with van der Waals surface area (Å²) in [5.41, 5.74) is 1.60. The molecule has 21 heavy (non-hydrogen) atoms. The minimum atomic E-state index is -3.59. The van der Waals surface area contributed by atoms with Gasteiger partial charge in [-0.1, -0.05) is 30.3 Å². The highest BCUT2D eigenvalue weighted by Gasteiger charge is 2.14. The maximum Gasteiger partial charge on any atom is 0.241 e. The zero-order valence-corrected chi connectivity index (χ0v) is 12.4. The average molecular weight is 307 g/mol. The van der Waals surface area contributed by atoms with Crippen molar-refractivity contribution >= 4 is 10.0 Å². The van der Waals surface area contributed by atoms with Crippen molar-refractivity contribution in [2.45, 2.75) is 18.0 Å². The van der Waals surface area contributed by atoms with Gasteiger partial charge in [0.05, 0.1) is 18.6 Å². The quantitative estimate of drug-likeness (QED) is 0.851. The molecule has 0 aromatic heterocycles. The Hall–Kier alpha value is -1.89. The van der Waals surface area contributed by atoms with Gasteiger partial charge >= 0.3 is 0 Å². The molecule has 0 radical (unpaired) electrons. The molecule has 0 aliphatic rings. The number of ether oxygens (including phenoxy) is 1. The van der Waals surface area contributed by atoms with Crippen LogP contribution in [0.1, 0.15) is 11.1 Å². The molecule has 0 fully saturated rings. The van der Waals surface area contributed by atoms with Crippen molar-refractivity contribution in [2.24, 2.45) is 0 Å². The highest BCUT2D eigenvalue weighted by Crippen LogP contribution is 2.17. The Balaban J connectivity index is 2.09. The molecule has 0 aliphatic carbocycles. The van der Waals surface area contributed by atoms with Crippen molar-refractivity contribution < 1.29 is 18.3 Å². The number of rotatable bonds is 6. The third-order valence-corrected chi connectivity index (χ3v) is 4.42. The van der Waals surface area contributed by atoms with Gasteiger partial charge in [-0.3, -0.25) is 0 Å².